The second-order valence-electron chi connectivity index (χ2n) is 1.57. The summed E-state index contributed by atoms with van der Waals surface area (Å²) in [5, 5.41) is 0.385. The zero-order valence-corrected chi connectivity index (χ0v) is 6.93. The molecule has 56 valence electrons. The maximum atomic E-state index is 10.7. The first-order valence-electron chi connectivity index (χ1n) is 2.64. The van der Waals surface area contributed by atoms with Crippen molar-refractivity contribution >= 4 is 21.9 Å². The van der Waals surface area contributed by atoms with Crippen molar-refractivity contribution in [3.63, 3.8) is 0 Å². The molecule has 0 bridgehead atoms. The number of nitrogens with two attached hydrogens (primary N) is 1. The highest BCUT2D eigenvalue weighted by atomic mass is 79.9. The first-order valence-corrected chi connectivity index (χ1v) is 3.76. The van der Waals surface area contributed by atoms with E-state index in [1.165, 1.54) is 0 Å². The Hall–Kier alpha value is -0.530. The van der Waals surface area contributed by atoms with Gasteiger partial charge in [0.25, 0.3) is 0 Å². The van der Waals surface area contributed by atoms with Crippen LogP contribution in [-0.2, 0) is 9.53 Å². The normalized spacial score (nSPS) is 11.7. The summed E-state index contributed by atoms with van der Waals surface area (Å²) in [6.07, 6.45) is 4.84. The maximum absolute atomic E-state index is 10.7. The van der Waals surface area contributed by atoms with Crippen molar-refractivity contribution in [3.8, 4) is 12.3 Å². The minimum Gasteiger partial charge on any atom is -0.451 e. The fraction of sp³-hybridized carbons (Fsp3) is 0.500. The molecule has 1 atom stereocenters. The van der Waals surface area contributed by atoms with Crippen molar-refractivity contribution < 1.29 is 9.53 Å². The molecule has 0 spiro atoms. The van der Waals surface area contributed by atoms with Crippen LogP contribution < -0.4 is 5.73 Å². The van der Waals surface area contributed by atoms with Crippen molar-refractivity contribution in [2.45, 2.75) is 6.04 Å². The molecule has 0 aliphatic carbocycles. The summed E-state index contributed by atoms with van der Waals surface area (Å²) in [6, 6.07) is -0.617. The Morgan fingerprint density at radius 1 is 1.90 bits per heavy atom. The minimum absolute atomic E-state index is 0.0144. The topological polar surface area (TPSA) is 52.3 Å². The van der Waals surface area contributed by atoms with Crippen LogP contribution in [0.2, 0.25) is 0 Å². The van der Waals surface area contributed by atoms with Gasteiger partial charge in [0.2, 0.25) is 0 Å². The van der Waals surface area contributed by atoms with Crippen molar-refractivity contribution in [3.05, 3.63) is 0 Å². The largest absolute Gasteiger partial charge is 0.451 e. The molecule has 2 N–H and O–H groups in total. The molecule has 0 rings (SSSR count). The van der Waals surface area contributed by atoms with Gasteiger partial charge >= 0.3 is 5.97 Å². The second kappa shape index (κ2) is 5.27. The highest BCUT2D eigenvalue weighted by Gasteiger charge is 2.11. The fourth-order valence-corrected chi connectivity index (χ4v) is 0.547. The lowest BCUT2D eigenvalue weighted by Crippen LogP contribution is -2.33. The van der Waals surface area contributed by atoms with Crippen LogP contribution in [0.5, 0.6) is 0 Å². The lowest BCUT2D eigenvalue weighted by Gasteiger charge is -2.04. The van der Waals surface area contributed by atoms with Crippen LogP contribution in [0.1, 0.15) is 0 Å². The molecule has 0 heterocycles. The monoisotopic (exact) mass is 205 g/mol. The first kappa shape index (κ1) is 9.47. The van der Waals surface area contributed by atoms with E-state index in [1.807, 2.05) is 0 Å². The Kier molecular flexibility index (Phi) is 4.99. The number of carbonyl (C=O) groups excluding carboxylic acids is 1. The van der Waals surface area contributed by atoms with Gasteiger partial charge in [0.1, 0.15) is 6.04 Å². The molecule has 0 amide bonds. The number of carbonyl (C=O) groups is 1. The van der Waals surface area contributed by atoms with Gasteiger partial charge in [-0.15, -0.1) is 6.42 Å². The van der Waals surface area contributed by atoms with Crippen LogP contribution in [0, 0.1) is 12.3 Å². The van der Waals surface area contributed by atoms with E-state index in [0.29, 0.717) is 5.33 Å². The smallest absolute Gasteiger partial charge is 0.324 e. The standard InChI is InChI=1S/C6H8BrNO2/c1-2-3-10-6(9)5(8)4-7/h1,5H,3-4,8H2. The van der Waals surface area contributed by atoms with Crippen molar-refractivity contribution in [1.29, 1.82) is 0 Å². The molecule has 0 fully saturated rings. The van der Waals surface area contributed by atoms with Gasteiger partial charge in [-0.2, -0.15) is 0 Å². The molecule has 0 aromatic carbocycles. The molecule has 0 aromatic heterocycles. The van der Waals surface area contributed by atoms with Crippen LogP contribution in [0.4, 0.5) is 0 Å². The highest BCUT2D eigenvalue weighted by molar-refractivity contribution is 9.09. The summed E-state index contributed by atoms with van der Waals surface area (Å²) in [6.45, 7) is -0.0144. The Morgan fingerprint density at radius 2 is 2.50 bits per heavy atom. The van der Waals surface area contributed by atoms with E-state index in [1.54, 1.807) is 0 Å². The molecule has 3 nitrogen and oxygen atoms in total. The highest BCUT2D eigenvalue weighted by Crippen LogP contribution is 1.89. The SMILES string of the molecule is C#CCOC(=O)C(N)CBr. The quantitative estimate of drug-likeness (QED) is 0.398. The number of hydrogen-bond donors (Lipinski definition) is 1. The molecule has 10 heavy (non-hydrogen) atoms. The van der Waals surface area contributed by atoms with Gasteiger partial charge in [0, 0.05) is 5.33 Å². The van der Waals surface area contributed by atoms with Crippen molar-refractivity contribution in [1.82, 2.24) is 0 Å². The summed E-state index contributed by atoms with van der Waals surface area (Å²) >= 11 is 3.03. The van der Waals surface area contributed by atoms with Gasteiger partial charge in [0.15, 0.2) is 6.61 Å². The van der Waals surface area contributed by atoms with E-state index in [9.17, 15) is 4.79 Å². The van der Waals surface area contributed by atoms with Gasteiger partial charge in [-0.1, -0.05) is 21.9 Å². The number of rotatable bonds is 3. The Labute approximate surface area is 68.0 Å². The number of ether oxygens (including phenoxy) is 1. The number of halogens is 1. The van der Waals surface area contributed by atoms with E-state index in [4.69, 9.17) is 12.2 Å². The molecule has 1 unspecified atom stereocenters. The van der Waals surface area contributed by atoms with E-state index in [2.05, 4.69) is 26.6 Å². The first-order chi connectivity index (χ1) is 4.72. The second-order valence-corrected chi connectivity index (χ2v) is 2.22. The zero-order valence-electron chi connectivity index (χ0n) is 5.34. The van der Waals surface area contributed by atoms with Crippen molar-refractivity contribution in [2.75, 3.05) is 11.9 Å². The van der Waals surface area contributed by atoms with E-state index >= 15 is 0 Å². The summed E-state index contributed by atoms with van der Waals surface area (Å²) in [5.74, 6) is 1.69. The van der Waals surface area contributed by atoms with Gasteiger partial charge in [0.05, 0.1) is 0 Å². The third kappa shape index (κ3) is 3.49. The summed E-state index contributed by atoms with van der Waals surface area (Å²) in [7, 11) is 0. The third-order valence-corrected chi connectivity index (χ3v) is 1.46. The maximum Gasteiger partial charge on any atom is 0.324 e. The number of hydrogen-bond acceptors (Lipinski definition) is 3. The number of terminal acetylenes is 1. The number of esters is 1. The molecule has 0 aromatic rings. The summed E-state index contributed by atoms with van der Waals surface area (Å²) in [4.78, 5) is 10.7. The average Bonchev–Trinajstić information content (AvgIpc) is 1.98. The van der Waals surface area contributed by atoms with Crippen LogP contribution >= 0.6 is 15.9 Å². The minimum atomic E-state index is -0.617. The fourth-order valence-electron chi connectivity index (χ4n) is 0.283. The summed E-state index contributed by atoms with van der Waals surface area (Å²) < 4.78 is 4.51. The van der Waals surface area contributed by atoms with Crippen LogP contribution in [0.15, 0.2) is 0 Å². The van der Waals surface area contributed by atoms with E-state index in [-0.39, 0.29) is 6.61 Å². The zero-order chi connectivity index (χ0) is 7.98. The molecule has 4 heteroatoms. The number of alkyl halides is 1. The molecule has 0 saturated heterocycles. The van der Waals surface area contributed by atoms with Gasteiger partial charge in [-0.25, -0.2) is 0 Å². The van der Waals surface area contributed by atoms with Gasteiger partial charge in [-0.05, 0) is 0 Å². The van der Waals surface area contributed by atoms with Crippen LogP contribution in [0.25, 0.3) is 0 Å². The lowest BCUT2D eigenvalue weighted by atomic mass is 10.4. The van der Waals surface area contributed by atoms with Gasteiger partial charge < -0.3 is 10.5 Å². The predicted octanol–water partition coefficient (Wildman–Crippen LogP) is -0.115. The van der Waals surface area contributed by atoms with Crippen molar-refractivity contribution in [2.24, 2.45) is 5.73 Å². The summed E-state index contributed by atoms with van der Waals surface area (Å²) in [5.41, 5.74) is 5.27. The molecule has 0 saturated carbocycles. The van der Waals surface area contributed by atoms with E-state index < -0.39 is 12.0 Å². The van der Waals surface area contributed by atoms with Gasteiger partial charge in [-0.3, -0.25) is 4.79 Å². The lowest BCUT2D eigenvalue weighted by molar-refractivity contribution is -0.143. The average molecular weight is 206 g/mol. The molecular weight excluding hydrogens is 198 g/mol. The van der Waals surface area contributed by atoms with Crippen LogP contribution in [0.3, 0.4) is 0 Å². The Bertz CT molecular complexity index is 152. The Morgan fingerprint density at radius 3 is 2.90 bits per heavy atom. The molecule has 0 aliphatic rings. The molecule has 0 radical (unpaired) electrons. The molecular formula is C6H8BrNO2. The van der Waals surface area contributed by atoms with E-state index in [0.717, 1.165) is 0 Å². The Balaban J connectivity index is 3.54. The third-order valence-electron chi connectivity index (χ3n) is 0.767. The predicted molar refractivity (Wildman–Crippen MR) is 41.6 cm³/mol. The van der Waals surface area contributed by atoms with Crippen LogP contribution in [-0.4, -0.2) is 23.9 Å². The molecule has 0 aliphatic heterocycles.